The zero-order valence-corrected chi connectivity index (χ0v) is 22.4. The number of hydrogen-bond donors (Lipinski definition) is 2. The summed E-state index contributed by atoms with van der Waals surface area (Å²) in [6.45, 7) is 10.5. The van der Waals surface area contributed by atoms with Crippen molar-refractivity contribution in [2.45, 2.75) is 45.8 Å². The summed E-state index contributed by atoms with van der Waals surface area (Å²) >= 11 is 0. The van der Waals surface area contributed by atoms with E-state index in [2.05, 4.69) is 63.1 Å². The minimum absolute atomic E-state index is 0.110. The van der Waals surface area contributed by atoms with Crippen LogP contribution >= 0.6 is 0 Å². The number of aromatic amines is 1. The highest BCUT2D eigenvalue weighted by molar-refractivity contribution is 6.03. The lowest BCUT2D eigenvalue weighted by Crippen LogP contribution is -2.55. The second kappa shape index (κ2) is 10.4. The standard InChI is InChI=1S/C29H34FN7O/c1-18(2)37-17-32-26(21-6-8-22(30)9-7-21)27(37)28-31-14-25(34-28)29(38)33-23-10-12-24(13-11-23)36-15-19(3)35(5)20(4)16-36/h6-14,17-20H,15-16H2,1-5H3,(H,31,34)(H,33,38). The number of piperazine rings is 1. The van der Waals surface area contributed by atoms with Crippen molar-refractivity contribution in [1.29, 1.82) is 0 Å². The molecule has 0 spiro atoms. The zero-order chi connectivity index (χ0) is 27.0. The van der Waals surface area contributed by atoms with E-state index >= 15 is 0 Å². The van der Waals surface area contributed by atoms with Gasteiger partial charge in [-0.2, -0.15) is 0 Å². The topological polar surface area (TPSA) is 82.1 Å². The van der Waals surface area contributed by atoms with Crippen LogP contribution < -0.4 is 10.2 Å². The average Bonchev–Trinajstić information content (AvgIpc) is 3.56. The molecule has 8 nitrogen and oxygen atoms in total. The molecule has 198 valence electrons. The van der Waals surface area contributed by atoms with E-state index in [4.69, 9.17) is 0 Å². The predicted molar refractivity (Wildman–Crippen MR) is 149 cm³/mol. The van der Waals surface area contributed by atoms with Gasteiger partial charge in [-0.1, -0.05) is 0 Å². The molecule has 1 saturated heterocycles. The molecular weight excluding hydrogens is 481 g/mol. The van der Waals surface area contributed by atoms with Gasteiger partial charge in [0.15, 0.2) is 5.82 Å². The number of aromatic nitrogens is 4. The number of nitrogens with one attached hydrogen (secondary N) is 2. The van der Waals surface area contributed by atoms with Gasteiger partial charge in [0.2, 0.25) is 0 Å². The first-order valence-corrected chi connectivity index (χ1v) is 13.0. The fourth-order valence-corrected chi connectivity index (χ4v) is 4.93. The summed E-state index contributed by atoms with van der Waals surface area (Å²) in [4.78, 5) is 30.1. The predicted octanol–water partition coefficient (Wildman–Crippen LogP) is 5.44. The number of imidazole rings is 2. The number of carbonyl (C=O) groups is 1. The fourth-order valence-electron chi connectivity index (χ4n) is 4.93. The number of hydrogen-bond acceptors (Lipinski definition) is 5. The highest BCUT2D eigenvalue weighted by Gasteiger charge is 2.26. The summed E-state index contributed by atoms with van der Waals surface area (Å²) in [7, 11) is 2.17. The normalized spacial score (nSPS) is 18.2. The van der Waals surface area contributed by atoms with Crippen molar-refractivity contribution in [1.82, 2.24) is 24.4 Å². The molecule has 0 radical (unpaired) electrons. The Hall–Kier alpha value is -3.98. The molecule has 1 aliphatic rings. The van der Waals surface area contributed by atoms with Crippen LogP contribution in [0.25, 0.3) is 22.8 Å². The number of likely N-dealkylation sites (N-methyl/N-ethyl adjacent to an activating group) is 1. The summed E-state index contributed by atoms with van der Waals surface area (Å²) in [5.74, 6) is -0.0668. The highest BCUT2D eigenvalue weighted by Crippen LogP contribution is 2.32. The van der Waals surface area contributed by atoms with Crippen LogP contribution in [0.2, 0.25) is 0 Å². The zero-order valence-electron chi connectivity index (χ0n) is 22.4. The van der Waals surface area contributed by atoms with Gasteiger partial charge >= 0.3 is 0 Å². The summed E-state index contributed by atoms with van der Waals surface area (Å²) in [5, 5.41) is 2.96. The van der Waals surface area contributed by atoms with E-state index < -0.39 is 0 Å². The van der Waals surface area contributed by atoms with E-state index in [9.17, 15) is 9.18 Å². The van der Waals surface area contributed by atoms with Crippen LogP contribution in [0, 0.1) is 5.82 Å². The van der Waals surface area contributed by atoms with Crippen LogP contribution in [0.5, 0.6) is 0 Å². The molecule has 0 saturated carbocycles. The van der Waals surface area contributed by atoms with Gasteiger partial charge in [0, 0.05) is 48.2 Å². The number of H-pyrrole nitrogens is 1. The largest absolute Gasteiger partial charge is 0.368 e. The van der Waals surface area contributed by atoms with Crippen LogP contribution in [-0.2, 0) is 0 Å². The molecule has 9 heteroatoms. The molecular formula is C29H34FN7O. The maximum absolute atomic E-state index is 13.5. The van der Waals surface area contributed by atoms with Gasteiger partial charge in [-0.15, -0.1) is 0 Å². The van der Waals surface area contributed by atoms with Crippen molar-refractivity contribution < 1.29 is 9.18 Å². The monoisotopic (exact) mass is 515 g/mol. The van der Waals surface area contributed by atoms with Gasteiger partial charge in [-0.05, 0) is 83.3 Å². The van der Waals surface area contributed by atoms with Crippen LogP contribution in [-0.4, -0.2) is 62.5 Å². The third-order valence-corrected chi connectivity index (χ3v) is 7.36. The molecule has 1 aliphatic heterocycles. The van der Waals surface area contributed by atoms with Crippen molar-refractivity contribution in [2.75, 3.05) is 30.4 Å². The minimum Gasteiger partial charge on any atom is -0.368 e. The molecule has 2 unspecified atom stereocenters. The Bertz CT molecular complexity index is 1400. The summed E-state index contributed by atoms with van der Waals surface area (Å²) in [6, 6.07) is 15.2. The number of rotatable bonds is 6. The lowest BCUT2D eigenvalue weighted by molar-refractivity contribution is 0.102. The Morgan fingerprint density at radius 1 is 1.03 bits per heavy atom. The number of halogens is 1. The Balaban J connectivity index is 1.33. The first-order chi connectivity index (χ1) is 18.2. The quantitative estimate of drug-likeness (QED) is 0.357. The van der Waals surface area contributed by atoms with Crippen molar-refractivity contribution in [3.8, 4) is 22.8 Å². The summed E-state index contributed by atoms with van der Waals surface area (Å²) in [5.41, 5.74) is 4.38. The third-order valence-electron chi connectivity index (χ3n) is 7.36. The Morgan fingerprint density at radius 3 is 2.32 bits per heavy atom. The number of anilines is 2. The van der Waals surface area contributed by atoms with Crippen molar-refractivity contribution in [3.63, 3.8) is 0 Å². The average molecular weight is 516 g/mol. The van der Waals surface area contributed by atoms with Gasteiger partial charge < -0.3 is 19.8 Å². The van der Waals surface area contributed by atoms with Gasteiger partial charge in [0.25, 0.3) is 5.91 Å². The molecule has 3 heterocycles. The van der Waals surface area contributed by atoms with Gasteiger partial charge in [0.05, 0.1) is 18.2 Å². The Kier molecular flexibility index (Phi) is 7.03. The second-order valence-corrected chi connectivity index (χ2v) is 10.4. The molecule has 1 amide bonds. The second-order valence-electron chi connectivity index (χ2n) is 10.4. The molecule has 5 rings (SSSR count). The van der Waals surface area contributed by atoms with Crippen LogP contribution in [0.15, 0.2) is 61.1 Å². The maximum Gasteiger partial charge on any atom is 0.273 e. The fraction of sp³-hybridized carbons (Fsp3) is 0.345. The van der Waals surface area contributed by atoms with Crippen LogP contribution in [0.4, 0.5) is 15.8 Å². The molecule has 2 aromatic heterocycles. The molecule has 38 heavy (non-hydrogen) atoms. The molecule has 2 N–H and O–H groups in total. The third kappa shape index (κ3) is 5.06. The first-order valence-electron chi connectivity index (χ1n) is 13.0. The van der Waals surface area contributed by atoms with Crippen molar-refractivity contribution in [3.05, 3.63) is 72.6 Å². The maximum atomic E-state index is 13.5. The number of nitrogens with zero attached hydrogens (tertiary/aromatic N) is 5. The van der Waals surface area contributed by atoms with E-state index in [0.717, 1.165) is 30.0 Å². The smallest absolute Gasteiger partial charge is 0.273 e. The van der Waals surface area contributed by atoms with E-state index in [-0.39, 0.29) is 17.8 Å². The molecule has 2 atom stereocenters. The van der Waals surface area contributed by atoms with E-state index in [1.807, 2.05) is 30.5 Å². The van der Waals surface area contributed by atoms with E-state index in [0.29, 0.717) is 35.0 Å². The number of benzene rings is 2. The Labute approximate surface area is 222 Å². The summed E-state index contributed by atoms with van der Waals surface area (Å²) < 4.78 is 15.5. The minimum atomic E-state index is -0.309. The number of amides is 1. The summed E-state index contributed by atoms with van der Waals surface area (Å²) in [6.07, 6.45) is 3.27. The van der Waals surface area contributed by atoms with Crippen molar-refractivity contribution >= 4 is 17.3 Å². The molecule has 2 aromatic carbocycles. The van der Waals surface area contributed by atoms with Gasteiger partial charge in [-0.25, -0.2) is 14.4 Å². The highest BCUT2D eigenvalue weighted by atomic mass is 19.1. The van der Waals surface area contributed by atoms with Crippen LogP contribution in [0.1, 0.15) is 44.2 Å². The van der Waals surface area contributed by atoms with E-state index in [1.54, 1.807) is 18.5 Å². The molecule has 1 fully saturated rings. The van der Waals surface area contributed by atoms with E-state index in [1.165, 1.54) is 18.3 Å². The van der Waals surface area contributed by atoms with Crippen molar-refractivity contribution in [2.24, 2.45) is 0 Å². The SMILES string of the molecule is CC1CN(c2ccc(NC(=O)c3cnc(-c4c(-c5ccc(F)cc5)ncn4C(C)C)[nH]3)cc2)CC(C)N1C. The first kappa shape index (κ1) is 25.7. The lowest BCUT2D eigenvalue weighted by Gasteiger charge is -2.43. The van der Waals surface area contributed by atoms with Gasteiger partial charge in [-0.3, -0.25) is 9.69 Å². The van der Waals surface area contributed by atoms with Crippen LogP contribution in [0.3, 0.4) is 0 Å². The van der Waals surface area contributed by atoms with Gasteiger partial charge in [0.1, 0.15) is 17.2 Å². The number of carbonyl (C=O) groups excluding carboxylic acids is 1. The lowest BCUT2D eigenvalue weighted by atomic mass is 10.1. The Morgan fingerprint density at radius 2 is 1.68 bits per heavy atom. The molecule has 4 aromatic rings. The molecule has 0 bridgehead atoms. The molecule has 0 aliphatic carbocycles.